The molecule has 0 aromatic heterocycles. The second-order valence-electron chi connectivity index (χ2n) is 4.04. The van der Waals surface area contributed by atoms with Gasteiger partial charge in [0.2, 0.25) is 7.37 Å². The van der Waals surface area contributed by atoms with Crippen LogP contribution in [-0.2, 0) is 23.2 Å². The van der Waals surface area contributed by atoms with Gasteiger partial charge in [0.05, 0.1) is 18.7 Å². The molecule has 4 atom stereocenters. The van der Waals surface area contributed by atoms with Crippen molar-refractivity contribution in [3.05, 3.63) is 0 Å². The highest BCUT2D eigenvalue weighted by atomic mass is 31.2. The Morgan fingerprint density at radius 2 is 1.90 bits per heavy atom. The molecule has 0 aliphatic heterocycles. The van der Waals surface area contributed by atoms with Crippen LogP contribution in [-0.4, -0.2) is 56.4 Å². The fourth-order valence-electron chi connectivity index (χ4n) is 1.32. The Labute approximate surface area is 115 Å². The van der Waals surface area contributed by atoms with Crippen LogP contribution in [0.2, 0.25) is 0 Å². The van der Waals surface area contributed by atoms with E-state index in [-0.39, 0.29) is 6.42 Å². The molecular formula is C8H17NO9P2. The predicted molar refractivity (Wildman–Crippen MR) is 68.1 cm³/mol. The Kier molecular flexibility index (Phi) is 8.19. The van der Waals surface area contributed by atoms with E-state index in [0.717, 1.165) is 0 Å². The number of hydrogen-bond donors (Lipinski definition) is 5. The molecule has 0 radical (unpaired) electrons. The molecule has 12 heteroatoms. The highest BCUT2D eigenvalue weighted by molar-refractivity contribution is 7.58. The van der Waals surface area contributed by atoms with Crippen molar-refractivity contribution in [3.63, 3.8) is 0 Å². The lowest BCUT2D eigenvalue weighted by molar-refractivity contribution is -0.139. The molecule has 20 heavy (non-hydrogen) atoms. The standard InChI is InChI=1S/C8H17NO9P2/c9-6(8(12)13)1-2-20(16,17)5(3-7(10)11)4-18-19(14)15/h5-6,19H,1-4,9H2,(H,10,11)(H,12,13)(H,14,15)(H,16,17)/t5?,6-/m0/s1. The molecule has 0 aliphatic rings. The smallest absolute Gasteiger partial charge is 0.320 e. The van der Waals surface area contributed by atoms with E-state index >= 15 is 0 Å². The van der Waals surface area contributed by atoms with E-state index in [0.29, 0.717) is 0 Å². The second kappa shape index (κ2) is 8.51. The fraction of sp³-hybridized carbons (Fsp3) is 0.750. The van der Waals surface area contributed by atoms with E-state index in [1.54, 1.807) is 0 Å². The van der Waals surface area contributed by atoms with Crippen molar-refractivity contribution in [2.75, 3.05) is 12.8 Å². The molecule has 0 amide bonds. The van der Waals surface area contributed by atoms with Crippen LogP contribution >= 0.6 is 15.6 Å². The van der Waals surface area contributed by atoms with Crippen LogP contribution in [0.25, 0.3) is 0 Å². The molecule has 0 heterocycles. The zero-order chi connectivity index (χ0) is 15.9. The Balaban J connectivity index is 4.74. The van der Waals surface area contributed by atoms with Gasteiger partial charge in [-0.05, 0) is 6.42 Å². The van der Waals surface area contributed by atoms with Crippen LogP contribution in [0.5, 0.6) is 0 Å². The van der Waals surface area contributed by atoms with E-state index in [1.165, 1.54) is 0 Å². The van der Waals surface area contributed by atoms with Crippen LogP contribution in [0.1, 0.15) is 12.8 Å². The minimum atomic E-state index is -4.09. The first-order valence-electron chi connectivity index (χ1n) is 5.43. The normalized spacial score (nSPS) is 18.8. The molecular weight excluding hydrogens is 316 g/mol. The zero-order valence-electron chi connectivity index (χ0n) is 10.3. The molecule has 0 fully saturated rings. The average molecular weight is 333 g/mol. The summed E-state index contributed by atoms with van der Waals surface area (Å²) in [6, 6.07) is -1.35. The Morgan fingerprint density at radius 3 is 2.30 bits per heavy atom. The van der Waals surface area contributed by atoms with Gasteiger partial charge in [0.15, 0.2) is 0 Å². The first-order valence-corrected chi connectivity index (χ1v) is 8.61. The van der Waals surface area contributed by atoms with E-state index in [9.17, 15) is 23.6 Å². The minimum Gasteiger partial charge on any atom is -0.481 e. The summed E-state index contributed by atoms with van der Waals surface area (Å²) in [7, 11) is -7.45. The highest BCUT2D eigenvalue weighted by Gasteiger charge is 2.34. The van der Waals surface area contributed by atoms with Crippen molar-refractivity contribution in [2.24, 2.45) is 5.73 Å². The fourth-order valence-corrected chi connectivity index (χ4v) is 3.56. The Bertz CT molecular complexity index is 426. The number of carboxylic acids is 2. The van der Waals surface area contributed by atoms with Gasteiger partial charge in [-0.1, -0.05) is 0 Å². The summed E-state index contributed by atoms with van der Waals surface area (Å²) in [6.07, 6.45) is -1.59. The van der Waals surface area contributed by atoms with Crippen molar-refractivity contribution >= 4 is 27.6 Å². The van der Waals surface area contributed by atoms with Crippen molar-refractivity contribution in [3.8, 4) is 0 Å². The third kappa shape index (κ3) is 7.74. The highest BCUT2D eigenvalue weighted by Crippen LogP contribution is 2.49. The minimum absolute atomic E-state index is 0.326. The molecule has 0 bridgehead atoms. The summed E-state index contributed by atoms with van der Waals surface area (Å²) < 4.78 is 26.7. The summed E-state index contributed by atoms with van der Waals surface area (Å²) in [5.74, 6) is -2.73. The summed E-state index contributed by atoms with van der Waals surface area (Å²) >= 11 is 0. The molecule has 3 unspecified atom stereocenters. The molecule has 0 saturated heterocycles. The maximum Gasteiger partial charge on any atom is 0.320 e. The molecule has 10 nitrogen and oxygen atoms in total. The monoisotopic (exact) mass is 333 g/mol. The molecule has 0 spiro atoms. The lowest BCUT2D eigenvalue weighted by Crippen LogP contribution is -2.32. The van der Waals surface area contributed by atoms with Crippen molar-refractivity contribution in [1.82, 2.24) is 0 Å². The van der Waals surface area contributed by atoms with Crippen LogP contribution in [0.15, 0.2) is 0 Å². The molecule has 0 aromatic carbocycles. The van der Waals surface area contributed by atoms with Gasteiger partial charge in [-0.25, -0.2) is 0 Å². The zero-order valence-corrected chi connectivity index (χ0v) is 12.2. The molecule has 0 aliphatic carbocycles. The number of carbonyl (C=O) groups is 2. The van der Waals surface area contributed by atoms with Gasteiger partial charge in [0, 0.05) is 6.16 Å². The molecule has 6 N–H and O–H groups in total. The van der Waals surface area contributed by atoms with E-state index in [1.807, 2.05) is 0 Å². The number of hydrogen-bond acceptors (Lipinski definition) is 6. The van der Waals surface area contributed by atoms with Crippen LogP contribution in [0.3, 0.4) is 0 Å². The molecule has 0 aromatic rings. The first-order chi connectivity index (χ1) is 9.06. The largest absolute Gasteiger partial charge is 0.481 e. The third-order valence-electron chi connectivity index (χ3n) is 2.46. The van der Waals surface area contributed by atoms with Crippen LogP contribution < -0.4 is 5.73 Å². The number of rotatable bonds is 10. The Hall–Kier alpha value is -0.760. The van der Waals surface area contributed by atoms with E-state index < -0.39 is 58.5 Å². The van der Waals surface area contributed by atoms with Gasteiger partial charge in [0.1, 0.15) is 6.04 Å². The van der Waals surface area contributed by atoms with Gasteiger partial charge in [0.25, 0.3) is 0 Å². The van der Waals surface area contributed by atoms with Crippen LogP contribution in [0, 0.1) is 0 Å². The quantitative estimate of drug-likeness (QED) is 0.320. The third-order valence-corrected chi connectivity index (χ3v) is 5.24. The number of aliphatic carboxylic acids is 2. The van der Waals surface area contributed by atoms with Crippen molar-refractivity contribution < 1.29 is 43.2 Å². The Morgan fingerprint density at radius 1 is 1.35 bits per heavy atom. The summed E-state index contributed by atoms with van der Waals surface area (Å²) in [6.45, 7) is -0.684. The first kappa shape index (κ1) is 19.2. The van der Waals surface area contributed by atoms with E-state index in [2.05, 4.69) is 4.52 Å². The van der Waals surface area contributed by atoms with Gasteiger partial charge >= 0.3 is 20.2 Å². The van der Waals surface area contributed by atoms with Gasteiger partial charge in [-0.3, -0.25) is 18.7 Å². The average Bonchev–Trinajstić information content (AvgIpc) is 2.30. The van der Waals surface area contributed by atoms with Crippen molar-refractivity contribution in [1.29, 1.82) is 0 Å². The van der Waals surface area contributed by atoms with Gasteiger partial charge in [-0.2, -0.15) is 0 Å². The molecule has 0 saturated carbocycles. The lowest BCUT2D eigenvalue weighted by Gasteiger charge is -2.21. The summed E-state index contributed by atoms with van der Waals surface area (Å²) in [4.78, 5) is 39.4. The van der Waals surface area contributed by atoms with Gasteiger partial charge in [-0.15, -0.1) is 0 Å². The second-order valence-corrected chi connectivity index (χ2v) is 7.55. The van der Waals surface area contributed by atoms with Crippen LogP contribution in [0.4, 0.5) is 0 Å². The SMILES string of the molecule is N[C@@H](CCP(=O)(O)C(CO[PH](=O)O)CC(=O)O)C(=O)O. The summed E-state index contributed by atoms with van der Waals surface area (Å²) in [5, 5.41) is 17.2. The summed E-state index contributed by atoms with van der Waals surface area (Å²) in [5.41, 5.74) is 3.78. The topological polar surface area (TPSA) is 184 Å². The molecule has 118 valence electrons. The van der Waals surface area contributed by atoms with E-state index in [4.69, 9.17) is 20.8 Å². The van der Waals surface area contributed by atoms with Crippen molar-refractivity contribution in [2.45, 2.75) is 24.5 Å². The maximum absolute atomic E-state index is 12.0. The molecule has 0 rings (SSSR count). The number of nitrogens with two attached hydrogens (primary N) is 1. The maximum atomic E-state index is 12.0. The predicted octanol–water partition coefficient (Wildman–Crippen LogP) is -0.699. The lowest BCUT2D eigenvalue weighted by atomic mass is 10.2. The van der Waals surface area contributed by atoms with Gasteiger partial charge < -0.3 is 30.3 Å². The number of carboxylic acid groups (broad SMARTS) is 2.